The molecule has 0 aliphatic carbocycles. The molecular formula is C12H12N2O3. The van der Waals surface area contributed by atoms with Crippen molar-refractivity contribution in [3.8, 4) is 22.8 Å². The molecule has 3 rings (SSSR count). The van der Waals surface area contributed by atoms with E-state index in [0.29, 0.717) is 25.5 Å². The summed E-state index contributed by atoms with van der Waals surface area (Å²) in [6.45, 7) is 1.51. The van der Waals surface area contributed by atoms with Crippen molar-refractivity contribution in [1.82, 2.24) is 5.16 Å². The summed E-state index contributed by atoms with van der Waals surface area (Å²) in [5.41, 5.74) is 7.15. The summed E-state index contributed by atoms with van der Waals surface area (Å²) in [5.74, 6) is 2.17. The van der Waals surface area contributed by atoms with Crippen LogP contribution < -0.4 is 15.2 Å². The van der Waals surface area contributed by atoms with E-state index in [0.717, 1.165) is 22.8 Å². The summed E-state index contributed by atoms with van der Waals surface area (Å²) in [4.78, 5) is 0. The van der Waals surface area contributed by atoms with Crippen LogP contribution in [0.4, 0.5) is 0 Å². The largest absolute Gasteiger partial charge is 0.486 e. The number of fused-ring (bicyclic) bond motifs is 1. The van der Waals surface area contributed by atoms with Gasteiger partial charge in [-0.1, -0.05) is 5.16 Å². The minimum atomic E-state index is 0.345. The quantitative estimate of drug-likeness (QED) is 0.851. The zero-order chi connectivity index (χ0) is 11.7. The van der Waals surface area contributed by atoms with Gasteiger partial charge in [-0.3, -0.25) is 0 Å². The summed E-state index contributed by atoms with van der Waals surface area (Å²) < 4.78 is 16.0. The first-order valence-electron chi connectivity index (χ1n) is 5.42. The standard InChI is InChI=1S/C12H12N2O3/c13-7-9-6-10(14-17-9)8-1-2-11-12(5-8)16-4-3-15-11/h1-2,5-6H,3-4,7,13H2. The Balaban J connectivity index is 1.97. The molecule has 0 bridgehead atoms. The van der Waals surface area contributed by atoms with Crippen molar-refractivity contribution in [2.24, 2.45) is 5.73 Å². The second kappa shape index (κ2) is 4.10. The van der Waals surface area contributed by atoms with Gasteiger partial charge in [0, 0.05) is 11.6 Å². The Morgan fingerprint density at radius 1 is 1.12 bits per heavy atom. The van der Waals surface area contributed by atoms with Gasteiger partial charge in [-0.05, 0) is 18.2 Å². The SMILES string of the molecule is NCc1cc(-c2ccc3c(c2)OCCO3)no1. The van der Waals surface area contributed by atoms with E-state index in [2.05, 4.69) is 5.16 Å². The molecule has 2 N–H and O–H groups in total. The number of nitrogens with two attached hydrogens (primary N) is 1. The second-order valence-electron chi connectivity index (χ2n) is 3.74. The molecule has 0 amide bonds. The Bertz CT molecular complexity index is 536. The molecular weight excluding hydrogens is 220 g/mol. The normalized spacial score (nSPS) is 13.7. The van der Waals surface area contributed by atoms with Crippen LogP contribution in [0.3, 0.4) is 0 Å². The van der Waals surface area contributed by atoms with Crippen LogP contribution >= 0.6 is 0 Å². The van der Waals surface area contributed by atoms with Crippen molar-refractivity contribution >= 4 is 0 Å². The molecule has 1 aliphatic heterocycles. The van der Waals surface area contributed by atoms with Gasteiger partial charge in [0.25, 0.3) is 0 Å². The second-order valence-corrected chi connectivity index (χ2v) is 3.74. The highest BCUT2D eigenvalue weighted by Gasteiger charge is 2.14. The van der Waals surface area contributed by atoms with E-state index in [-0.39, 0.29) is 0 Å². The molecule has 2 aromatic rings. The zero-order valence-electron chi connectivity index (χ0n) is 9.18. The third kappa shape index (κ3) is 1.85. The molecule has 2 heterocycles. The lowest BCUT2D eigenvalue weighted by Gasteiger charge is -2.18. The van der Waals surface area contributed by atoms with Gasteiger partial charge in [0.15, 0.2) is 17.3 Å². The number of benzene rings is 1. The van der Waals surface area contributed by atoms with E-state index in [1.807, 2.05) is 24.3 Å². The highest BCUT2D eigenvalue weighted by Crippen LogP contribution is 2.34. The number of aromatic nitrogens is 1. The summed E-state index contributed by atoms with van der Waals surface area (Å²) in [6, 6.07) is 7.52. The molecule has 5 heteroatoms. The molecule has 1 aromatic carbocycles. The Morgan fingerprint density at radius 3 is 2.71 bits per heavy atom. The average molecular weight is 232 g/mol. The molecule has 0 saturated heterocycles. The molecule has 0 atom stereocenters. The van der Waals surface area contributed by atoms with E-state index >= 15 is 0 Å². The smallest absolute Gasteiger partial charge is 0.162 e. The number of hydrogen-bond acceptors (Lipinski definition) is 5. The summed E-state index contributed by atoms with van der Waals surface area (Å²) in [6.07, 6.45) is 0. The van der Waals surface area contributed by atoms with E-state index < -0.39 is 0 Å². The first-order valence-corrected chi connectivity index (χ1v) is 5.42. The molecule has 17 heavy (non-hydrogen) atoms. The van der Waals surface area contributed by atoms with Crippen molar-refractivity contribution in [3.63, 3.8) is 0 Å². The molecule has 0 spiro atoms. The first kappa shape index (κ1) is 10.2. The van der Waals surface area contributed by atoms with Gasteiger partial charge in [0.1, 0.15) is 18.9 Å². The highest BCUT2D eigenvalue weighted by atomic mass is 16.6. The van der Waals surface area contributed by atoms with Crippen LogP contribution in [0, 0.1) is 0 Å². The first-order chi connectivity index (χ1) is 8.36. The Kier molecular flexibility index (Phi) is 2.45. The average Bonchev–Trinajstić information content (AvgIpc) is 2.87. The van der Waals surface area contributed by atoms with Gasteiger partial charge in [-0.15, -0.1) is 0 Å². The van der Waals surface area contributed by atoms with E-state index in [9.17, 15) is 0 Å². The van der Waals surface area contributed by atoms with E-state index in [1.165, 1.54) is 0 Å². The maximum Gasteiger partial charge on any atom is 0.162 e. The molecule has 5 nitrogen and oxygen atoms in total. The van der Waals surface area contributed by atoms with Gasteiger partial charge < -0.3 is 19.7 Å². The van der Waals surface area contributed by atoms with Crippen LogP contribution in [0.2, 0.25) is 0 Å². The predicted octanol–water partition coefficient (Wildman–Crippen LogP) is 1.57. The molecule has 0 fully saturated rings. The van der Waals surface area contributed by atoms with Crippen LogP contribution in [0.1, 0.15) is 5.76 Å². The number of ether oxygens (including phenoxy) is 2. The highest BCUT2D eigenvalue weighted by molar-refractivity contribution is 5.64. The van der Waals surface area contributed by atoms with Crippen LogP contribution in [0.25, 0.3) is 11.3 Å². The maximum atomic E-state index is 5.51. The van der Waals surface area contributed by atoms with Crippen LogP contribution in [0.5, 0.6) is 11.5 Å². The molecule has 1 aromatic heterocycles. The minimum Gasteiger partial charge on any atom is -0.486 e. The summed E-state index contributed by atoms with van der Waals surface area (Å²) >= 11 is 0. The lowest BCUT2D eigenvalue weighted by Crippen LogP contribution is -2.15. The lowest BCUT2D eigenvalue weighted by atomic mass is 10.1. The fraction of sp³-hybridized carbons (Fsp3) is 0.250. The van der Waals surface area contributed by atoms with Gasteiger partial charge >= 0.3 is 0 Å². The van der Waals surface area contributed by atoms with Crippen molar-refractivity contribution in [1.29, 1.82) is 0 Å². The molecule has 0 radical (unpaired) electrons. The fourth-order valence-electron chi connectivity index (χ4n) is 1.75. The van der Waals surface area contributed by atoms with Crippen molar-refractivity contribution < 1.29 is 14.0 Å². The maximum absolute atomic E-state index is 5.51. The van der Waals surface area contributed by atoms with Crippen LogP contribution in [0.15, 0.2) is 28.8 Å². The molecule has 1 aliphatic rings. The van der Waals surface area contributed by atoms with Gasteiger partial charge in [0.2, 0.25) is 0 Å². The lowest BCUT2D eigenvalue weighted by molar-refractivity contribution is 0.171. The number of rotatable bonds is 2. The van der Waals surface area contributed by atoms with Gasteiger partial charge in [-0.2, -0.15) is 0 Å². The molecule has 0 unspecified atom stereocenters. The van der Waals surface area contributed by atoms with Gasteiger partial charge in [-0.25, -0.2) is 0 Å². The fourth-order valence-corrected chi connectivity index (χ4v) is 1.75. The van der Waals surface area contributed by atoms with Gasteiger partial charge in [0.05, 0.1) is 6.54 Å². The minimum absolute atomic E-state index is 0.345. The number of nitrogens with zero attached hydrogens (tertiary/aromatic N) is 1. The zero-order valence-corrected chi connectivity index (χ0v) is 9.18. The summed E-state index contributed by atoms with van der Waals surface area (Å²) in [5, 5.41) is 3.95. The third-order valence-electron chi connectivity index (χ3n) is 2.60. The van der Waals surface area contributed by atoms with Crippen molar-refractivity contribution in [2.75, 3.05) is 13.2 Å². The summed E-state index contributed by atoms with van der Waals surface area (Å²) in [7, 11) is 0. The molecule has 88 valence electrons. The third-order valence-corrected chi connectivity index (χ3v) is 2.60. The van der Waals surface area contributed by atoms with Crippen LogP contribution in [-0.2, 0) is 6.54 Å². The predicted molar refractivity (Wildman–Crippen MR) is 60.8 cm³/mol. The Hall–Kier alpha value is -2.01. The van der Waals surface area contributed by atoms with E-state index in [4.69, 9.17) is 19.7 Å². The van der Waals surface area contributed by atoms with Crippen LogP contribution in [-0.4, -0.2) is 18.4 Å². The van der Waals surface area contributed by atoms with Crippen molar-refractivity contribution in [2.45, 2.75) is 6.54 Å². The Labute approximate surface area is 98.1 Å². The van der Waals surface area contributed by atoms with E-state index in [1.54, 1.807) is 0 Å². The monoisotopic (exact) mass is 232 g/mol. The number of hydrogen-bond donors (Lipinski definition) is 1. The Morgan fingerprint density at radius 2 is 1.94 bits per heavy atom. The molecule has 0 saturated carbocycles. The topological polar surface area (TPSA) is 70.5 Å². The van der Waals surface area contributed by atoms with Crippen molar-refractivity contribution in [3.05, 3.63) is 30.0 Å².